The van der Waals surface area contributed by atoms with Crippen molar-refractivity contribution >= 4 is 11.6 Å². The van der Waals surface area contributed by atoms with Crippen LogP contribution in [-0.2, 0) is 6.42 Å². The Balaban J connectivity index is 2.29. The van der Waals surface area contributed by atoms with E-state index in [9.17, 15) is 0 Å². The molecule has 2 rings (SSSR count). The first-order valence-electron chi connectivity index (χ1n) is 6.92. The first kappa shape index (κ1) is 14.8. The van der Waals surface area contributed by atoms with Crippen LogP contribution in [0.1, 0.15) is 31.5 Å². The van der Waals surface area contributed by atoms with E-state index in [2.05, 4.69) is 23.8 Å². The van der Waals surface area contributed by atoms with Gasteiger partial charge >= 0.3 is 0 Å². The van der Waals surface area contributed by atoms with Gasteiger partial charge in [0.1, 0.15) is 10.9 Å². The SMILES string of the molecule is CCCOc1ccc(-c2nc(Cl)c(C)c(CC)n2)cc1. The van der Waals surface area contributed by atoms with E-state index in [4.69, 9.17) is 16.3 Å². The molecule has 0 aliphatic carbocycles. The van der Waals surface area contributed by atoms with Crippen LogP contribution in [-0.4, -0.2) is 16.6 Å². The summed E-state index contributed by atoms with van der Waals surface area (Å²) in [6, 6.07) is 7.80. The molecule has 0 aliphatic heterocycles. The first-order valence-corrected chi connectivity index (χ1v) is 7.29. The average Bonchev–Trinajstić information content (AvgIpc) is 2.48. The summed E-state index contributed by atoms with van der Waals surface area (Å²) in [5.74, 6) is 1.53. The molecule has 1 aromatic carbocycles. The molecule has 0 saturated heterocycles. The molecule has 4 heteroatoms. The van der Waals surface area contributed by atoms with Crippen molar-refractivity contribution < 1.29 is 4.74 Å². The molecule has 0 saturated carbocycles. The quantitative estimate of drug-likeness (QED) is 0.763. The number of hydrogen-bond donors (Lipinski definition) is 0. The Bertz CT molecular complexity index is 582. The third-order valence-electron chi connectivity index (χ3n) is 3.11. The van der Waals surface area contributed by atoms with Gasteiger partial charge in [-0.3, -0.25) is 0 Å². The van der Waals surface area contributed by atoms with Crippen LogP contribution in [0.15, 0.2) is 24.3 Å². The van der Waals surface area contributed by atoms with Crippen molar-refractivity contribution in [3.63, 3.8) is 0 Å². The zero-order chi connectivity index (χ0) is 14.5. The summed E-state index contributed by atoms with van der Waals surface area (Å²) in [5, 5.41) is 0.526. The fourth-order valence-electron chi connectivity index (χ4n) is 1.93. The molecule has 0 atom stereocenters. The monoisotopic (exact) mass is 290 g/mol. The maximum Gasteiger partial charge on any atom is 0.161 e. The number of hydrogen-bond acceptors (Lipinski definition) is 3. The number of ether oxygens (including phenoxy) is 1. The topological polar surface area (TPSA) is 35.0 Å². The number of aryl methyl sites for hydroxylation is 1. The van der Waals surface area contributed by atoms with E-state index < -0.39 is 0 Å². The minimum absolute atomic E-state index is 0.526. The second-order valence-corrected chi connectivity index (χ2v) is 4.99. The predicted octanol–water partition coefficient (Wildman–Crippen LogP) is 4.46. The van der Waals surface area contributed by atoms with E-state index in [1.165, 1.54) is 0 Å². The van der Waals surface area contributed by atoms with Gasteiger partial charge in [0.05, 0.1) is 6.61 Å². The maximum absolute atomic E-state index is 6.17. The highest BCUT2D eigenvalue weighted by molar-refractivity contribution is 6.30. The van der Waals surface area contributed by atoms with E-state index in [0.29, 0.717) is 11.0 Å². The van der Waals surface area contributed by atoms with Gasteiger partial charge in [-0.25, -0.2) is 9.97 Å². The molecule has 0 unspecified atom stereocenters. The van der Waals surface area contributed by atoms with Crippen molar-refractivity contribution in [2.75, 3.05) is 6.61 Å². The predicted molar refractivity (Wildman–Crippen MR) is 82.4 cm³/mol. The van der Waals surface area contributed by atoms with Crippen molar-refractivity contribution in [2.24, 2.45) is 0 Å². The largest absolute Gasteiger partial charge is 0.494 e. The van der Waals surface area contributed by atoms with E-state index in [1.807, 2.05) is 31.2 Å². The molecule has 0 fully saturated rings. The fourth-order valence-corrected chi connectivity index (χ4v) is 2.12. The van der Waals surface area contributed by atoms with Gasteiger partial charge in [-0.1, -0.05) is 25.4 Å². The molecule has 0 amide bonds. The van der Waals surface area contributed by atoms with Gasteiger partial charge in [0, 0.05) is 16.8 Å². The summed E-state index contributed by atoms with van der Waals surface area (Å²) >= 11 is 6.17. The third-order valence-corrected chi connectivity index (χ3v) is 3.48. The second-order valence-electron chi connectivity index (χ2n) is 4.64. The molecule has 0 bridgehead atoms. The summed E-state index contributed by atoms with van der Waals surface area (Å²) in [6.45, 7) is 6.83. The number of aromatic nitrogens is 2. The van der Waals surface area contributed by atoms with Crippen LogP contribution >= 0.6 is 11.6 Å². The Morgan fingerprint density at radius 1 is 1.10 bits per heavy atom. The second kappa shape index (κ2) is 6.71. The number of benzene rings is 1. The van der Waals surface area contributed by atoms with Crippen molar-refractivity contribution in [3.8, 4) is 17.1 Å². The molecule has 1 heterocycles. The van der Waals surface area contributed by atoms with Gasteiger partial charge < -0.3 is 4.74 Å². The molecule has 3 nitrogen and oxygen atoms in total. The number of rotatable bonds is 5. The Hall–Kier alpha value is -1.61. The van der Waals surface area contributed by atoms with E-state index in [-0.39, 0.29) is 0 Å². The summed E-state index contributed by atoms with van der Waals surface area (Å²) in [6.07, 6.45) is 1.84. The van der Waals surface area contributed by atoms with Gasteiger partial charge in [0.2, 0.25) is 0 Å². The smallest absolute Gasteiger partial charge is 0.161 e. The van der Waals surface area contributed by atoms with Crippen LogP contribution in [0.5, 0.6) is 5.75 Å². The van der Waals surface area contributed by atoms with Crippen molar-refractivity contribution in [1.29, 1.82) is 0 Å². The molecular weight excluding hydrogens is 272 g/mol. The highest BCUT2D eigenvalue weighted by atomic mass is 35.5. The Labute approximate surface area is 125 Å². The Morgan fingerprint density at radius 2 is 1.80 bits per heavy atom. The standard InChI is InChI=1S/C16H19ClN2O/c1-4-10-20-13-8-6-12(7-9-13)16-18-14(5-2)11(3)15(17)19-16/h6-9H,4-5,10H2,1-3H3. The minimum atomic E-state index is 0.526. The molecule has 0 spiro atoms. The summed E-state index contributed by atoms with van der Waals surface area (Å²) in [5.41, 5.74) is 2.90. The van der Waals surface area contributed by atoms with Gasteiger partial charge in [-0.15, -0.1) is 0 Å². The number of halogens is 1. The molecule has 2 aromatic rings. The van der Waals surface area contributed by atoms with E-state index >= 15 is 0 Å². The highest BCUT2D eigenvalue weighted by Crippen LogP contribution is 2.24. The third kappa shape index (κ3) is 3.28. The highest BCUT2D eigenvalue weighted by Gasteiger charge is 2.09. The molecule has 106 valence electrons. The number of nitrogens with zero attached hydrogens (tertiary/aromatic N) is 2. The Kier molecular flexibility index (Phi) is 4.96. The molecule has 0 aliphatic rings. The van der Waals surface area contributed by atoms with Crippen molar-refractivity contribution in [3.05, 3.63) is 40.7 Å². The first-order chi connectivity index (χ1) is 9.65. The molecule has 1 aromatic heterocycles. The van der Waals surface area contributed by atoms with Crippen LogP contribution in [0.2, 0.25) is 5.15 Å². The lowest BCUT2D eigenvalue weighted by Crippen LogP contribution is -2.00. The fraction of sp³-hybridized carbons (Fsp3) is 0.375. The molecular formula is C16H19ClN2O. The zero-order valence-corrected chi connectivity index (χ0v) is 12.9. The Morgan fingerprint density at radius 3 is 2.40 bits per heavy atom. The van der Waals surface area contributed by atoms with Gasteiger partial charge in [0.15, 0.2) is 5.82 Å². The van der Waals surface area contributed by atoms with Crippen LogP contribution in [0.25, 0.3) is 11.4 Å². The average molecular weight is 291 g/mol. The lowest BCUT2D eigenvalue weighted by atomic mass is 10.1. The van der Waals surface area contributed by atoms with Crippen molar-refractivity contribution in [1.82, 2.24) is 9.97 Å². The van der Waals surface area contributed by atoms with Gasteiger partial charge in [-0.05, 0) is 44.0 Å². The lowest BCUT2D eigenvalue weighted by Gasteiger charge is -2.09. The molecule has 20 heavy (non-hydrogen) atoms. The summed E-state index contributed by atoms with van der Waals surface area (Å²) in [4.78, 5) is 8.93. The summed E-state index contributed by atoms with van der Waals surface area (Å²) < 4.78 is 5.57. The van der Waals surface area contributed by atoms with E-state index in [1.54, 1.807) is 0 Å². The zero-order valence-electron chi connectivity index (χ0n) is 12.1. The van der Waals surface area contributed by atoms with Crippen LogP contribution in [0.3, 0.4) is 0 Å². The normalized spacial score (nSPS) is 10.6. The van der Waals surface area contributed by atoms with Gasteiger partial charge in [-0.2, -0.15) is 0 Å². The van der Waals surface area contributed by atoms with E-state index in [0.717, 1.165) is 42.0 Å². The summed E-state index contributed by atoms with van der Waals surface area (Å²) in [7, 11) is 0. The molecule has 0 radical (unpaired) electrons. The maximum atomic E-state index is 6.17. The van der Waals surface area contributed by atoms with Gasteiger partial charge in [0.25, 0.3) is 0 Å². The van der Waals surface area contributed by atoms with Crippen molar-refractivity contribution in [2.45, 2.75) is 33.6 Å². The lowest BCUT2D eigenvalue weighted by molar-refractivity contribution is 0.317. The molecule has 0 N–H and O–H groups in total. The van der Waals surface area contributed by atoms with Crippen LogP contribution in [0.4, 0.5) is 0 Å². The minimum Gasteiger partial charge on any atom is -0.494 e. The van der Waals surface area contributed by atoms with Crippen LogP contribution in [0, 0.1) is 6.92 Å². The van der Waals surface area contributed by atoms with Crippen LogP contribution < -0.4 is 4.74 Å².